The number of hydrogen-bond donors (Lipinski definition) is 2. The van der Waals surface area contributed by atoms with Crippen molar-refractivity contribution in [3.05, 3.63) is 10.6 Å². The summed E-state index contributed by atoms with van der Waals surface area (Å²) in [6.45, 7) is 5.91. The predicted molar refractivity (Wildman–Crippen MR) is 80.0 cm³/mol. The summed E-state index contributed by atoms with van der Waals surface area (Å²) in [5.74, 6) is 0.241. The molecule has 1 atom stereocenters. The van der Waals surface area contributed by atoms with Crippen molar-refractivity contribution >= 4 is 22.4 Å². The fourth-order valence-electron chi connectivity index (χ4n) is 2.28. The van der Waals surface area contributed by atoms with E-state index in [4.69, 9.17) is 10.5 Å². The van der Waals surface area contributed by atoms with Gasteiger partial charge in [-0.25, -0.2) is 4.98 Å². The number of carbonyl (C=O) groups is 1. The van der Waals surface area contributed by atoms with Gasteiger partial charge in [0.1, 0.15) is 4.88 Å². The zero-order valence-corrected chi connectivity index (χ0v) is 12.8. The van der Waals surface area contributed by atoms with Gasteiger partial charge in [0.05, 0.1) is 18.9 Å². The second-order valence-electron chi connectivity index (χ2n) is 5.09. The molecule has 1 amide bonds. The van der Waals surface area contributed by atoms with Gasteiger partial charge in [-0.1, -0.05) is 18.3 Å². The van der Waals surface area contributed by atoms with E-state index in [0.29, 0.717) is 35.5 Å². The minimum atomic E-state index is -0.0806. The third-order valence-electron chi connectivity index (χ3n) is 3.35. The fraction of sp³-hybridized carbons (Fsp3) is 0.692. The maximum Gasteiger partial charge on any atom is 0.263 e. The summed E-state index contributed by atoms with van der Waals surface area (Å²) in [7, 11) is 2.07. The third-order valence-corrected chi connectivity index (χ3v) is 4.27. The number of aryl methyl sites for hydroxylation is 1. The van der Waals surface area contributed by atoms with Crippen molar-refractivity contribution in [2.24, 2.45) is 5.92 Å². The standard InChI is InChI=1S/C13H22N4O2S/c1-3-10-11(20-13(14)16-10)12(18)15-6-9-7-17(2)4-5-19-8-9/h9H,3-8H2,1-2H3,(H2,14,16)(H,15,18)/t9-/m1/s1. The highest BCUT2D eigenvalue weighted by molar-refractivity contribution is 7.17. The zero-order chi connectivity index (χ0) is 14.5. The number of likely N-dealkylation sites (N-methyl/N-ethyl adjacent to an activating group) is 1. The van der Waals surface area contributed by atoms with Crippen LogP contribution in [-0.4, -0.2) is 55.7 Å². The molecule has 0 aliphatic carbocycles. The zero-order valence-electron chi connectivity index (χ0n) is 12.0. The Kier molecular flexibility index (Phi) is 5.33. The van der Waals surface area contributed by atoms with Gasteiger partial charge in [-0.2, -0.15) is 0 Å². The number of anilines is 1. The molecule has 0 spiro atoms. The van der Waals surface area contributed by atoms with Crippen molar-refractivity contribution in [1.82, 2.24) is 15.2 Å². The van der Waals surface area contributed by atoms with E-state index in [0.717, 1.165) is 25.4 Å². The number of amides is 1. The van der Waals surface area contributed by atoms with E-state index in [-0.39, 0.29) is 5.91 Å². The van der Waals surface area contributed by atoms with Crippen LogP contribution in [0.4, 0.5) is 5.13 Å². The summed E-state index contributed by atoms with van der Waals surface area (Å²) in [6, 6.07) is 0. The molecule has 112 valence electrons. The Labute approximate surface area is 123 Å². The second kappa shape index (κ2) is 7.01. The van der Waals surface area contributed by atoms with E-state index in [2.05, 4.69) is 22.2 Å². The average molecular weight is 298 g/mol. The lowest BCUT2D eigenvalue weighted by atomic mass is 10.1. The van der Waals surface area contributed by atoms with Crippen molar-refractivity contribution in [1.29, 1.82) is 0 Å². The maximum atomic E-state index is 12.2. The van der Waals surface area contributed by atoms with E-state index < -0.39 is 0 Å². The normalized spacial score (nSPS) is 20.6. The first-order valence-electron chi connectivity index (χ1n) is 6.89. The van der Waals surface area contributed by atoms with Crippen LogP contribution in [0.1, 0.15) is 22.3 Å². The van der Waals surface area contributed by atoms with Crippen molar-refractivity contribution < 1.29 is 9.53 Å². The first-order valence-corrected chi connectivity index (χ1v) is 7.71. The Hall–Kier alpha value is -1.18. The molecule has 7 heteroatoms. The van der Waals surface area contributed by atoms with Crippen LogP contribution < -0.4 is 11.1 Å². The van der Waals surface area contributed by atoms with E-state index in [1.165, 1.54) is 11.3 Å². The molecule has 6 nitrogen and oxygen atoms in total. The number of nitrogen functional groups attached to an aromatic ring is 1. The molecule has 0 saturated carbocycles. The van der Waals surface area contributed by atoms with Gasteiger partial charge in [0.25, 0.3) is 5.91 Å². The molecule has 2 rings (SSSR count). The minimum absolute atomic E-state index is 0.0806. The number of nitrogens with one attached hydrogen (secondary N) is 1. The summed E-state index contributed by atoms with van der Waals surface area (Å²) in [6.07, 6.45) is 0.714. The number of rotatable bonds is 4. The first-order chi connectivity index (χ1) is 9.60. The number of thiazole rings is 1. The Balaban J connectivity index is 1.91. The number of carbonyl (C=O) groups excluding carboxylic acids is 1. The first kappa shape index (κ1) is 15.2. The van der Waals surface area contributed by atoms with Gasteiger partial charge in [-0.3, -0.25) is 4.79 Å². The number of ether oxygens (including phenoxy) is 1. The molecule has 0 radical (unpaired) electrons. The SMILES string of the molecule is CCc1nc(N)sc1C(=O)NC[C@H]1COCCN(C)C1. The molecule has 20 heavy (non-hydrogen) atoms. The van der Waals surface area contributed by atoms with Crippen LogP contribution in [0.25, 0.3) is 0 Å². The average Bonchev–Trinajstić information content (AvgIpc) is 2.68. The van der Waals surface area contributed by atoms with Crippen LogP contribution in [0, 0.1) is 5.92 Å². The van der Waals surface area contributed by atoms with E-state index >= 15 is 0 Å². The highest BCUT2D eigenvalue weighted by atomic mass is 32.1. The van der Waals surface area contributed by atoms with Crippen molar-refractivity contribution in [3.63, 3.8) is 0 Å². The van der Waals surface area contributed by atoms with Gasteiger partial charge in [0, 0.05) is 25.6 Å². The van der Waals surface area contributed by atoms with E-state index in [1.54, 1.807) is 0 Å². The van der Waals surface area contributed by atoms with E-state index in [1.807, 2.05) is 6.92 Å². The fourth-order valence-corrected chi connectivity index (χ4v) is 3.12. The predicted octanol–water partition coefficient (Wildman–Crippen LogP) is 0.596. The Morgan fingerprint density at radius 3 is 3.20 bits per heavy atom. The smallest absolute Gasteiger partial charge is 0.263 e. The molecular formula is C13H22N4O2S. The van der Waals surface area contributed by atoms with Crippen molar-refractivity contribution in [2.75, 3.05) is 45.6 Å². The molecule has 3 N–H and O–H groups in total. The minimum Gasteiger partial charge on any atom is -0.380 e. The Morgan fingerprint density at radius 1 is 1.65 bits per heavy atom. The lowest BCUT2D eigenvalue weighted by Crippen LogP contribution is -2.35. The van der Waals surface area contributed by atoms with Crippen LogP contribution >= 0.6 is 11.3 Å². The van der Waals surface area contributed by atoms with Crippen LogP contribution in [0.5, 0.6) is 0 Å². The third kappa shape index (κ3) is 3.91. The van der Waals surface area contributed by atoms with E-state index in [9.17, 15) is 4.79 Å². The summed E-state index contributed by atoms with van der Waals surface area (Å²) in [5.41, 5.74) is 6.45. The molecule has 1 aromatic heterocycles. The van der Waals surface area contributed by atoms with Gasteiger partial charge in [-0.15, -0.1) is 0 Å². The summed E-state index contributed by atoms with van der Waals surface area (Å²) >= 11 is 1.25. The molecule has 0 bridgehead atoms. The molecule has 1 fully saturated rings. The molecule has 1 aliphatic heterocycles. The lowest BCUT2D eigenvalue weighted by molar-refractivity contribution is 0.0924. The van der Waals surface area contributed by atoms with Crippen molar-refractivity contribution in [2.45, 2.75) is 13.3 Å². The van der Waals surface area contributed by atoms with Crippen LogP contribution in [0.2, 0.25) is 0 Å². The molecular weight excluding hydrogens is 276 g/mol. The highest BCUT2D eigenvalue weighted by Crippen LogP contribution is 2.20. The Morgan fingerprint density at radius 2 is 2.45 bits per heavy atom. The molecule has 0 unspecified atom stereocenters. The van der Waals surface area contributed by atoms with Crippen LogP contribution in [0.3, 0.4) is 0 Å². The number of aromatic nitrogens is 1. The quantitative estimate of drug-likeness (QED) is 0.850. The molecule has 2 heterocycles. The van der Waals surface area contributed by atoms with Gasteiger partial charge < -0.3 is 20.7 Å². The molecule has 1 aliphatic rings. The highest BCUT2D eigenvalue weighted by Gasteiger charge is 2.20. The largest absolute Gasteiger partial charge is 0.380 e. The monoisotopic (exact) mass is 298 g/mol. The van der Waals surface area contributed by atoms with Gasteiger partial charge in [-0.05, 0) is 13.5 Å². The lowest BCUT2D eigenvalue weighted by Gasteiger charge is -2.19. The maximum absolute atomic E-state index is 12.2. The number of hydrogen-bond acceptors (Lipinski definition) is 6. The summed E-state index contributed by atoms with van der Waals surface area (Å²) < 4.78 is 5.54. The van der Waals surface area contributed by atoms with Gasteiger partial charge in [0.2, 0.25) is 0 Å². The van der Waals surface area contributed by atoms with Crippen LogP contribution in [0.15, 0.2) is 0 Å². The number of nitrogens with zero attached hydrogens (tertiary/aromatic N) is 2. The van der Waals surface area contributed by atoms with Gasteiger partial charge in [0.15, 0.2) is 5.13 Å². The van der Waals surface area contributed by atoms with Gasteiger partial charge >= 0.3 is 0 Å². The number of nitrogens with two attached hydrogens (primary N) is 1. The summed E-state index contributed by atoms with van der Waals surface area (Å²) in [5, 5.41) is 3.42. The molecule has 1 aromatic rings. The summed E-state index contributed by atoms with van der Waals surface area (Å²) in [4.78, 5) is 19.2. The Bertz CT molecular complexity index is 463. The molecule has 0 aromatic carbocycles. The topological polar surface area (TPSA) is 80.5 Å². The molecule has 1 saturated heterocycles. The van der Waals surface area contributed by atoms with Crippen molar-refractivity contribution in [3.8, 4) is 0 Å². The second-order valence-corrected chi connectivity index (χ2v) is 6.13. The van der Waals surface area contributed by atoms with Crippen LogP contribution in [-0.2, 0) is 11.2 Å².